The fourth-order valence-corrected chi connectivity index (χ4v) is 4.66. The Hall–Kier alpha value is -2.23. The van der Waals surface area contributed by atoms with Crippen LogP contribution < -0.4 is 0 Å². The normalized spacial score (nSPS) is 16.4. The van der Waals surface area contributed by atoms with Gasteiger partial charge in [-0.2, -0.15) is 0 Å². The molecule has 0 radical (unpaired) electrons. The standard InChI is InChI=1S/C25H20BrFO/c26-19-8-5-18(25(27)14-19)15-28-20-9-12-22-17(13-20)7-11-23-21-4-2-1-3-16(21)6-10-24(22)23/h1-8,10-11,14,20H,9,12-13,15H2. The molecule has 1 nitrogen and oxygen atoms in total. The first-order chi connectivity index (χ1) is 13.7. The summed E-state index contributed by atoms with van der Waals surface area (Å²) in [5, 5.41) is 5.28. The van der Waals surface area contributed by atoms with Gasteiger partial charge in [-0.3, -0.25) is 0 Å². The molecule has 0 heterocycles. The van der Waals surface area contributed by atoms with Gasteiger partial charge in [0.25, 0.3) is 0 Å². The summed E-state index contributed by atoms with van der Waals surface area (Å²) in [5.41, 5.74) is 3.41. The van der Waals surface area contributed by atoms with Crippen molar-refractivity contribution < 1.29 is 9.13 Å². The Labute approximate surface area is 172 Å². The highest BCUT2D eigenvalue weighted by atomic mass is 79.9. The predicted molar refractivity (Wildman–Crippen MR) is 116 cm³/mol. The van der Waals surface area contributed by atoms with E-state index in [-0.39, 0.29) is 11.9 Å². The van der Waals surface area contributed by atoms with E-state index in [1.807, 2.05) is 6.07 Å². The van der Waals surface area contributed by atoms with Crippen LogP contribution in [0.2, 0.25) is 0 Å². The molecule has 0 aliphatic heterocycles. The van der Waals surface area contributed by atoms with Crippen molar-refractivity contribution in [3.05, 3.63) is 93.7 Å². The summed E-state index contributed by atoms with van der Waals surface area (Å²) in [6, 6.07) is 22.7. The molecule has 0 saturated heterocycles. The SMILES string of the molecule is Fc1cc(Br)ccc1COC1CCc2c(ccc3c2ccc2ccccc23)C1. The maximum absolute atomic E-state index is 14.0. The van der Waals surface area contributed by atoms with Crippen molar-refractivity contribution in [2.24, 2.45) is 0 Å². The van der Waals surface area contributed by atoms with Crippen molar-refractivity contribution in [2.45, 2.75) is 32.0 Å². The van der Waals surface area contributed by atoms with Crippen molar-refractivity contribution in [2.75, 3.05) is 0 Å². The highest BCUT2D eigenvalue weighted by Crippen LogP contribution is 2.34. The maximum Gasteiger partial charge on any atom is 0.129 e. The van der Waals surface area contributed by atoms with Crippen LogP contribution >= 0.6 is 15.9 Å². The quantitative estimate of drug-likeness (QED) is 0.316. The first-order valence-corrected chi connectivity index (χ1v) is 10.5. The van der Waals surface area contributed by atoms with E-state index in [9.17, 15) is 4.39 Å². The molecule has 140 valence electrons. The molecule has 5 rings (SSSR count). The zero-order valence-electron chi connectivity index (χ0n) is 15.4. The minimum absolute atomic E-state index is 0.133. The highest BCUT2D eigenvalue weighted by molar-refractivity contribution is 9.10. The average molecular weight is 435 g/mol. The largest absolute Gasteiger partial charge is 0.373 e. The van der Waals surface area contributed by atoms with Crippen LogP contribution in [0.25, 0.3) is 21.5 Å². The van der Waals surface area contributed by atoms with Gasteiger partial charge in [-0.05, 0) is 64.1 Å². The predicted octanol–water partition coefficient (Wildman–Crippen LogP) is 6.97. The number of aryl methyl sites for hydroxylation is 1. The fraction of sp³-hybridized carbons (Fsp3) is 0.200. The van der Waals surface area contributed by atoms with Crippen LogP contribution in [0.5, 0.6) is 0 Å². The third-order valence-electron chi connectivity index (χ3n) is 5.79. The number of rotatable bonds is 3. The van der Waals surface area contributed by atoms with Crippen molar-refractivity contribution in [3.8, 4) is 0 Å². The highest BCUT2D eigenvalue weighted by Gasteiger charge is 2.21. The van der Waals surface area contributed by atoms with Crippen molar-refractivity contribution in [1.29, 1.82) is 0 Å². The van der Waals surface area contributed by atoms with E-state index in [0.29, 0.717) is 12.2 Å². The Morgan fingerprint density at radius 2 is 1.79 bits per heavy atom. The molecule has 1 aliphatic carbocycles. The Kier molecular flexibility index (Phi) is 4.65. The fourth-order valence-electron chi connectivity index (χ4n) is 4.32. The van der Waals surface area contributed by atoms with Crippen molar-refractivity contribution >= 4 is 37.5 Å². The van der Waals surface area contributed by atoms with E-state index in [1.54, 1.807) is 6.07 Å². The zero-order valence-corrected chi connectivity index (χ0v) is 17.0. The van der Waals surface area contributed by atoms with Crippen LogP contribution in [0.4, 0.5) is 4.39 Å². The van der Waals surface area contributed by atoms with Gasteiger partial charge >= 0.3 is 0 Å². The van der Waals surface area contributed by atoms with Crippen LogP contribution in [0.3, 0.4) is 0 Å². The van der Waals surface area contributed by atoms with Gasteiger partial charge in [-0.25, -0.2) is 4.39 Å². The summed E-state index contributed by atoms with van der Waals surface area (Å²) in [5.74, 6) is -0.219. The van der Waals surface area contributed by atoms with Crippen LogP contribution in [0, 0.1) is 5.82 Å². The molecule has 1 unspecified atom stereocenters. The summed E-state index contributed by atoms with van der Waals surface area (Å²) >= 11 is 3.30. The Bertz CT molecular complexity index is 1180. The van der Waals surface area contributed by atoms with Gasteiger partial charge in [0, 0.05) is 10.0 Å². The van der Waals surface area contributed by atoms with Crippen LogP contribution in [0.1, 0.15) is 23.1 Å². The Morgan fingerprint density at radius 1 is 0.929 bits per heavy atom. The van der Waals surface area contributed by atoms with E-state index < -0.39 is 0 Å². The number of hydrogen-bond acceptors (Lipinski definition) is 1. The lowest BCUT2D eigenvalue weighted by atomic mass is 9.85. The Balaban J connectivity index is 1.40. The number of halogens is 2. The van der Waals surface area contributed by atoms with E-state index >= 15 is 0 Å². The zero-order chi connectivity index (χ0) is 19.1. The summed E-state index contributed by atoms with van der Waals surface area (Å²) in [6.45, 7) is 0.317. The third-order valence-corrected chi connectivity index (χ3v) is 6.28. The van der Waals surface area contributed by atoms with Gasteiger partial charge in [0.05, 0.1) is 12.7 Å². The molecular formula is C25H20BrFO. The summed E-state index contributed by atoms with van der Waals surface area (Å²) < 4.78 is 20.9. The van der Waals surface area contributed by atoms with Gasteiger partial charge in [0.15, 0.2) is 0 Å². The molecule has 0 fully saturated rings. The molecule has 28 heavy (non-hydrogen) atoms. The average Bonchev–Trinajstić information content (AvgIpc) is 2.72. The first-order valence-electron chi connectivity index (χ1n) is 9.67. The lowest BCUT2D eigenvalue weighted by molar-refractivity contribution is 0.0306. The molecule has 0 spiro atoms. The minimum Gasteiger partial charge on any atom is -0.373 e. The molecule has 3 heteroatoms. The van der Waals surface area contributed by atoms with E-state index in [0.717, 1.165) is 23.7 Å². The minimum atomic E-state index is -0.219. The van der Waals surface area contributed by atoms with E-state index in [1.165, 1.54) is 38.7 Å². The lowest BCUT2D eigenvalue weighted by Crippen LogP contribution is -2.22. The number of fused-ring (bicyclic) bond motifs is 5. The molecule has 4 aromatic rings. The molecule has 1 aliphatic rings. The van der Waals surface area contributed by atoms with Gasteiger partial charge in [0.1, 0.15) is 5.82 Å². The Morgan fingerprint density at radius 3 is 2.68 bits per heavy atom. The number of benzene rings is 4. The smallest absolute Gasteiger partial charge is 0.129 e. The van der Waals surface area contributed by atoms with E-state index in [2.05, 4.69) is 64.5 Å². The van der Waals surface area contributed by atoms with Gasteiger partial charge < -0.3 is 4.74 Å². The molecule has 0 amide bonds. The lowest BCUT2D eigenvalue weighted by Gasteiger charge is -2.26. The molecule has 0 bridgehead atoms. The second-order valence-electron chi connectivity index (χ2n) is 7.50. The molecule has 0 aromatic heterocycles. The summed E-state index contributed by atoms with van der Waals surface area (Å²) in [4.78, 5) is 0. The number of ether oxygens (including phenoxy) is 1. The molecule has 4 aromatic carbocycles. The topological polar surface area (TPSA) is 9.23 Å². The second kappa shape index (κ2) is 7.31. The monoisotopic (exact) mass is 434 g/mol. The number of hydrogen-bond donors (Lipinski definition) is 0. The second-order valence-corrected chi connectivity index (χ2v) is 8.41. The van der Waals surface area contributed by atoms with Crippen LogP contribution in [-0.2, 0) is 24.2 Å². The van der Waals surface area contributed by atoms with Crippen molar-refractivity contribution in [3.63, 3.8) is 0 Å². The van der Waals surface area contributed by atoms with Gasteiger partial charge in [-0.1, -0.05) is 70.5 Å². The van der Waals surface area contributed by atoms with Crippen LogP contribution in [0.15, 0.2) is 71.2 Å². The molecular weight excluding hydrogens is 415 g/mol. The first kappa shape index (κ1) is 17.8. The molecule has 0 N–H and O–H groups in total. The summed E-state index contributed by atoms with van der Waals surface area (Å²) in [6.07, 6.45) is 2.99. The van der Waals surface area contributed by atoms with Crippen molar-refractivity contribution in [1.82, 2.24) is 0 Å². The summed E-state index contributed by atoms with van der Waals surface area (Å²) in [7, 11) is 0. The van der Waals surface area contributed by atoms with Gasteiger partial charge in [0.2, 0.25) is 0 Å². The molecule has 1 atom stereocenters. The third kappa shape index (κ3) is 3.23. The molecule has 0 saturated carbocycles. The van der Waals surface area contributed by atoms with E-state index in [4.69, 9.17) is 4.74 Å². The maximum atomic E-state index is 14.0. The van der Waals surface area contributed by atoms with Crippen LogP contribution in [-0.4, -0.2) is 6.10 Å². The van der Waals surface area contributed by atoms with Gasteiger partial charge in [-0.15, -0.1) is 0 Å².